The lowest BCUT2D eigenvalue weighted by Crippen LogP contribution is -2.34. The highest BCUT2D eigenvalue weighted by Crippen LogP contribution is 2.41. The number of carbonyl (C=O) groups is 1. The molecule has 124 valence electrons. The van der Waals surface area contributed by atoms with Gasteiger partial charge in [0.2, 0.25) is 0 Å². The Labute approximate surface area is 140 Å². The summed E-state index contributed by atoms with van der Waals surface area (Å²) in [4.78, 5) is 12.2. The van der Waals surface area contributed by atoms with Gasteiger partial charge in [-0.15, -0.1) is 0 Å². The molecular weight excluding hydrogens is 306 g/mol. The van der Waals surface area contributed by atoms with Crippen molar-refractivity contribution in [1.29, 1.82) is 0 Å². The Bertz CT molecular complexity index is 815. The van der Waals surface area contributed by atoms with Crippen molar-refractivity contribution < 1.29 is 19.4 Å². The summed E-state index contributed by atoms with van der Waals surface area (Å²) in [5.41, 5.74) is 4.35. The molecule has 2 aromatic carbocycles. The molecule has 2 aromatic rings. The van der Waals surface area contributed by atoms with Crippen LogP contribution in [0.15, 0.2) is 30.3 Å². The van der Waals surface area contributed by atoms with Gasteiger partial charge in [-0.05, 0) is 46.4 Å². The van der Waals surface area contributed by atoms with Crippen LogP contribution in [-0.4, -0.2) is 30.8 Å². The van der Waals surface area contributed by atoms with Crippen LogP contribution in [-0.2, 0) is 6.61 Å². The fraction of sp³-hybridized carbons (Fsp3) is 0.316. The average Bonchev–Trinajstić information content (AvgIpc) is 2.63. The van der Waals surface area contributed by atoms with Crippen LogP contribution in [0.3, 0.4) is 0 Å². The molecule has 1 atom stereocenters. The molecule has 0 bridgehead atoms. The number of amides is 1. The molecule has 5 heteroatoms. The zero-order valence-electron chi connectivity index (χ0n) is 13.5. The predicted octanol–water partition coefficient (Wildman–Crippen LogP) is 2.46. The molecule has 5 nitrogen and oxygen atoms in total. The maximum Gasteiger partial charge on any atom is 0.251 e. The van der Waals surface area contributed by atoms with Crippen molar-refractivity contribution in [2.75, 3.05) is 19.8 Å². The Morgan fingerprint density at radius 2 is 1.83 bits per heavy atom. The molecule has 0 aliphatic carbocycles. The molecule has 0 fully saturated rings. The molecule has 24 heavy (non-hydrogen) atoms. The van der Waals surface area contributed by atoms with E-state index in [1.54, 1.807) is 0 Å². The fourth-order valence-electron chi connectivity index (χ4n) is 3.48. The van der Waals surface area contributed by atoms with Gasteiger partial charge in [0.1, 0.15) is 13.2 Å². The molecule has 4 rings (SSSR count). The number of nitrogens with one attached hydrogen (secondary N) is 1. The zero-order valence-corrected chi connectivity index (χ0v) is 13.5. The Morgan fingerprint density at radius 3 is 2.58 bits per heavy atom. The van der Waals surface area contributed by atoms with Gasteiger partial charge in [0.25, 0.3) is 5.91 Å². The van der Waals surface area contributed by atoms with Gasteiger partial charge in [0.05, 0.1) is 6.61 Å². The van der Waals surface area contributed by atoms with Crippen molar-refractivity contribution in [3.05, 3.63) is 47.0 Å². The second kappa shape index (κ2) is 5.83. The van der Waals surface area contributed by atoms with Gasteiger partial charge < -0.3 is 19.9 Å². The minimum absolute atomic E-state index is 0.0481. The largest absolute Gasteiger partial charge is 0.486 e. The molecule has 0 radical (unpaired) electrons. The molecule has 0 aromatic heterocycles. The summed E-state index contributed by atoms with van der Waals surface area (Å²) in [5, 5.41) is 12.7. The van der Waals surface area contributed by atoms with Crippen LogP contribution in [0.4, 0.5) is 0 Å². The van der Waals surface area contributed by atoms with E-state index < -0.39 is 0 Å². The first-order chi connectivity index (χ1) is 11.7. The van der Waals surface area contributed by atoms with Gasteiger partial charge in [-0.3, -0.25) is 4.79 Å². The van der Waals surface area contributed by atoms with Gasteiger partial charge in [-0.1, -0.05) is 19.1 Å². The van der Waals surface area contributed by atoms with Crippen molar-refractivity contribution in [1.82, 2.24) is 5.32 Å². The number of benzene rings is 2. The highest BCUT2D eigenvalue weighted by atomic mass is 16.6. The molecule has 0 spiro atoms. The van der Waals surface area contributed by atoms with E-state index in [0.29, 0.717) is 36.8 Å². The number of rotatable bonds is 2. The summed E-state index contributed by atoms with van der Waals surface area (Å²) in [5.74, 6) is 1.49. The molecule has 2 aliphatic rings. The average molecular weight is 325 g/mol. The third-order valence-corrected chi connectivity index (χ3v) is 4.64. The second-order valence-electron chi connectivity index (χ2n) is 6.19. The lowest BCUT2D eigenvalue weighted by atomic mass is 9.84. The number of carbonyl (C=O) groups excluding carboxylic acids is 1. The quantitative estimate of drug-likeness (QED) is 0.890. The third-order valence-electron chi connectivity index (χ3n) is 4.64. The second-order valence-corrected chi connectivity index (χ2v) is 6.19. The summed E-state index contributed by atoms with van der Waals surface area (Å²) in [6.07, 6.45) is 0. The Morgan fingerprint density at radius 1 is 1.12 bits per heavy atom. The molecule has 2 heterocycles. The monoisotopic (exact) mass is 325 g/mol. The summed E-state index contributed by atoms with van der Waals surface area (Å²) < 4.78 is 11.3. The molecular formula is C19H19NO4. The summed E-state index contributed by atoms with van der Waals surface area (Å²) >= 11 is 0. The first-order valence-electron chi connectivity index (χ1n) is 8.14. The standard InChI is InChI=1S/C19H19NO4/c1-11-9-20-19(22)14-4-2-3-13(18(11)14)15-8-17-16(7-12(15)10-21)23-5-6-24-17/h2-4,7-8,11,21H,5-6,9-10H2,1H3,(H,20,22). The van der Waals surface area contributed by atoms with E-state index in [4.69, 9.17) is 9.47 Å². The molecule has 2 aliphatic heterocycles. The van der Waals surface area contributed by atoms with Crippen LogP contribution in [0, 0.1) is 0 Å². The van der Waals surface area contributed by atoms with Gasteiger partial charge in [0.15, 0.2) is 11.5 Å². The molecule has 2 N–H and O–H groups in total. The highest BCUT2D eigenvalue weighted by Gasteiger charge is 2.27. The smallest absolute Gasteiger partial charge is 0.251 e. The van der Waals surface area contributed by atoms with Crippen molar-refractivity contribution >= 4 is 5.91 Å². The first kappa shape index (κ1) is 15.0. The van der Waals surface area contributed by atoms with E-state index in [1.807, 2.05) is 30.3 Å². The van der Waals surface area contributed by atoms with E-state index in [2.05, 4.69) is 12.2 Å². The van der Waals surface area contributed by atoms with E-state index in [1.165, 1.54) is 0 Å². The summed E-state index contributed by atoms with van der Waals surface area (Å²) in [6, 6.07) is 9.47. The zero-order chi connectivity index (χ0) is 16.7. The number of fused-ring (bicyclic) bond motifs is 2. The Balaban J connectivity index is 1.94. The van der Waals surface area contributed by atoms with E-state index in [9.17, 15) is 9.90 Å². The van der Waals surface area contributed by atoms with Gasteiger partial charge >= 0.3 is 0 Å². The normalized spacial score (nSPS) is 18.8. The predicted molar refractivity (Wildman–Crippen MR) is 89.5 cm³/mol. The van der Waals surface area contributed by atoms with Gasteiger partial charge in [-0.25, -0.2) is 0 Å². The van der Waals surface area contributed by atoms with Crippen molar-refractivity contribution in [3.8, 4) is 22.6 Å². The third kappa shape index (κ3) is 2.32. The van der Waals surface area contributed by atoms with Gasteiger partial charge in [-0.2, -0.15) is 0 Å². The van der Waals surface area contributed by atoms with Crippen molar-refractivity contribution in [3.63, 3.8) is 0 Å². The number of hydrogen-bond acceptors (Lipinski definition) is 4. The van der Waals surface area contributed by atoms with Crippen LogP contribution in [0.2, 0.25) is 0 Å². The maximum absolute atomic E-state index is 12.2. The number of ether oxygens (including phenoxy) is 2. The fourth-order valence-corrected chi connectivity index (χ4v) is 3.48. The van der Waals surface area contributed by atoms with Crippen molar-refractivity contribution in [2.24, 2.45) is 0 Å². The van der Waals surface area contributed by atoms with Crippen LogP contribution < -0.4 is 14.8 Å². The molecule has 1 unspecified atom stereocenters. The number of hydrogen-bond donors (Lipinski definition) is 2. The Hall–Kier alpha value is -2.53. The summed E-state index contributed by atoms with van der Waals surface area (Å²) in [6.45, 7) is 3.63. The van der Waals surface area contributed by atoms with E-state index in [0.717, 1.165) is 22.3 Å². The lowest BCUT2D eigenvalue weighted by Gasteiger charge is -2.27. The van der Waals surface area contributed by atoms with Crippen LogP contribution in [0.25, 0.3) is 11.1 Å². The number of aliphatic hydroxyl groups is 1. The SMILES string of the molecule is CC1CNC(=O)c2cccc(-c3cc4c(cc3CO)OCCO4)c21. The molecule has 0 saturated carbocycles. The van der Waals surface area contributed by atoms with E-state index >= 15 is 0 Å². The van der Waals surface area contributed by atoms with Crippen LogP contribution in [0.5, 0.6) is 11.5 Å². The van der Waals surface area contributed by atoms with Gasteiger partial charge in [0, 0.05) is 12.1 Å². The Kier molecular flexibility index (Phi) is 3.65. The summed E-state index contributed by atoms with van der Waals surface area (Å²) in [7, 11) is 0. The van der Waals surface area contributed by atoms with E-state index in [-0.39, 0.29) is 18.4 Å². The number of aliphatic hydroxyl groups excluding tert-OH is 1. The highest BCUT2D eigenvalue weighted by molar-refractivity contribution is 5.99. The first-order valence-corrected chi connectivity index (χ1v) is 8.14. The molecule has 0 saturated heterocycles. The van der Waals surface area contributed by atoms with Crippen LogP contribution >= 0.6 is 0 Å². The van der Waals surface area contributed by atoms with Crippen molar-refractivity contribution in [2.45, 2.75) is 19.4 Å². The maximum atomic E-state index is 12.2. The minimum atomic E-state index is -0.101. The lowest BCUT2D eigenvalue weighted by molar-refractivity contribution is 0.0941. The van der Waals surface area contributed by atoms with Crippen LogP contribution in [0.1, 0.15) is 34.3 Å². The topological polar surface area (TPSA) is 67.8 Å². The minimum Gasteiger partial charge on any atom is -0.486 e. The molecule has 1 amide bonds.